The fourth-order valence-corrected chi connectivity index (χ4v) is 2.22. The Balaban J connectivity index is 2.55. The molecule has 0 saturated carbocycles. The monoisotopic (exact) mass is 327 g/mol. The maximum atomic E-state index is 13.5. The van der Waals surface area contributed by atoms with E-state index in [0.29, 0.717) is 17.9 Å². The molecule has 0 saturated heterocycles. The maximum absolute atomic E-state index is 13.5. The van der Waals surface area contributed by atoms with Gasteiger partial charge in [-0.2, -0.15) is 0 Å². The highest BCUT2D eigenvalue weighted by molar-refractivity contribution is 9.10. The van der Waals surface area contributed by atoms with Gasteiger partial charge in [-0.3, -0.25) is 0 Å². The molecule has 1 heterocycles. The predicted molar refractivity (Wildman–Crippen MR) is 72.6 cm³/mol. The zero-order chi connectivity index (χ0) is 14.0. The Labute approximate surface area is 118 Å². The third-order valence-corrected chi connectivity index (χ3v) is 3.32. The Hall–Kier alpha value is -1.40. The van der Waals surface area contributed by atoms with Gasteiger partial charge in [0.2, 0.25) is 0 Å². The fraction of sp³-hybridized carbons (Fsp3) is 0.231. The summed E-state index contributed by atoms with van der Waals surface area (Å²) in [5, 5.41) is 2.99. The van der Waals surface area contributed by atoms with E-state index in [0.717, 1.165) is 17.5 Å². The fourth-order valence-electron chi connectivity index (χ4n) is 1.72. The van der Waals surface area contributed by atoms with E-state index >= 15 is 0 Å². The van der Waals surface area contributed by atoms with Gasteiger partial charge in [0.1, 0.15) is 0 Å². The zero-order valence-corrected chi connectivity index (χ0v) is 12.1. The molecule has 2 rings (SSSR count). The summed E-state index contributed by atoms with van der Waals surface area (Å²) in [5.41, 5.74) is 1.99. The lowest BCUT2D eigenvalue weighted by Gasteiger charge is -2.08. The van der Waals surface area contributed by atoms with E-state index in [9.17, 15) is 8.78 Å². The van der Waals surface area contributed by atoms with Crippen LogP contribution in [0.4, 0.5) is 8.78 Å². The van der Waals surface area contributed by atoms with Crippen molar-refractivity contribution in [3.63, 3.8) is 0 Å². The molecule has 2 aromatic rings. The molecule has 0 amide bonds. The summed E-state index contributed by atoms with van der Waals surface area (Å²) in [6.45, 7) is 2.41. The molecule has 1 N–H and O–H groups in total. The minimum absolute atomic E-state index is 0.0357. The summed E-state index contributed by atoms with van der Waals surface area (Å²) < 4.78 is 26.7. The molecule has 0 radical (unpaired) electrons. The zero-order valence-electron chi connectivity index (χ0n) is 10.5. The van der Waals surface area contributed by atoms with Crippen molar-refractivity contribution < 1.29 is 8.78 Å². The second-order valence-electron chi connectivity index (χ2n) is 4.08. The number of hydrogen-bond donors (Lipinski definition) is 1. The van der Waals surface area contributed by atoms with Crippen LogP contribution in [0.2, 0.25) is 0 Å². The van der Waals surface area contributed by atoms with Crippen LogP contribution in [0, 0.1) is 18.6 Å². The SMILES string of the molecule is CNCc1cc(C)nc(-c2ccc(F)c(F)c2Br)n1. The van der Waals surface area contributed by atoms with Crippen LogP contribution in [0.15, 0.2) is 22.7 Å². The number of nitrogens with zero attached hydrogens (tertiary/aromatic N) is 2. The number of benzene rings is 1. The van der Waals surface area contributed by atoms with Crippen molar-refractivity contribution in [3.05, 3.63) is 45.7 Å². The second-order valence-corrected chi connectivity index (χ2v) is 4.87. The summed E-state index contributed by atoms with van der Waals surface area (Å²) >= 11 is 3.05. The molecule has 0 fully saturated rings. The first-order chi connectivity index (χ1) is 9.02. The molecule has 0 aliphatic rings. The lowest BCUT2D eigenvalue weighted by Crippen LogP contribution is -2.09. The lowest BCUT2D eigenvalue weighted by atomic mass is 10.2. The Bertz CT molecular complexity index is 617. The number of halogens is 3. The number of aromatic nitrogens is 2. The molecule has 0 unspecified atom stereocenters. The van der Waals surface area contributed by atoms with Crippen molar-refractivity contribution in [1.29, 1.82) is 0 Å². The summed E-state index contributed by atoms with van der Waals surface area (Å²) in [4.78, 5) is 8.59. The molecule has 0 aliphatic heterocycles. The Morgan fingerprint density at radius 1 is 1.26 bits per heavy atom. The van der Waals surface area contributed by atoms with Crippen LogP contribution in [-0.2, 0) is 6.54 Å². The summed E-state index contributed by atoms with van der Waals surface area (Å²) in [5.74, 6) is -1.47. The maximum Gasteiger partial charge on any atom is 0.173 e. The topological polar surface area (TPSA) is 37.8 Å². The number of rotatable bonds is 3. The van der Waals surface area contributed by atoms with E-state index in [1.807, 2.05) is 20.0 Å². The standard InChI is InChI=1S/C13H12BrF2N3/c1-7-5-8(6-17-2)19-13(18-7)9-3-4-10(15)12(16)11(9)14/h3-5,17H,6H2,1-2H3. The average Bonchev–Trinajstić information content (AvgIpc) is 2.36. The normalized spacial score (nSPS) is 10.8. The molecule has 100 valence electrons. The van der Waals surface area contributed by atoms with E-state index < -0.39 is 11.6 Å². The Morgan fingerprint density at radius 2 is 2.00 bits per heavy atom. The molecule has 6 heteroatoms. The van der Waals surface area contributed by atoms with Crippen LogP contribution < -0.4 is 5.32 Å². The molecule has 0 bridgehead atoms. The van der Waals surface area contributed by atoms with Gasteiger partial charge >= 0.3 is 0 Å². The van der Waals surface area contributed by atoms with Crippen molar-refractivity contribution in [2.24, 2.45) is 0 Å². The van der Waals surface area contributed by atoms with Crippen molar-refractivity contribution in [1.82, 2.24) is 15.3 Å². The van der Waals surface area contributed by atoms with Gasteiger partial charge in [0, 0.05) is 17.8 Å². The van der Waals surface area contributed by atoms with Crippen LogP contribution >= 0.6 is 15.9 Å². The smallest absolute Gasteiger partial charge is 0.173 e. The minimum atomic E-state index is -0.933. The van der Waals surface area contributed by atoms with E-state index in [2.05, 4.69) is 31.2 Å². The van der Waals surface area contributed by atoms with Crippen LogP contribution in [0.3, 0.4) is 0 Å². The Kier molecular flexibility index (Phi) is 4.21. The van der Waals surface area contributed by atoms with Gasteiger partial charge in [0.15, 0.2) is 17.5 Å². The molecule has 0 atom stereocenters. The highest BCUT2D eigenvalue weighted by Crippen LogP contribution is 2.29. The molecule has 0 aliphatic carbocycles. The molecule has 3 nitrogen and oxygen atoms in total. The quantitative estimate of drug-likeness (QED) is 0.879. The molecule has 0 spiro atoms. The lowest BCUT2D eigenvalue weighted by molar-refractivity contribution is 0.504. The first-order valence-corrected chi connectivity index (χ1v) is 6.45. The molecule has 19 heavy (non-hydrogen) atoms. The average molecular weight is 328 g/mol. The van der Waals surface area contributed by atoms with Crippen LogP contribution in [0.25, 0.3) is 11.4 Å². The summed E-state index contributed by atoms with van der Waals surface area (Å²) in [6.07, 6.45) is 0. The van der Waals surface area contributed by atoms with E-state index in [1.165, 1.54) is 6.07 Å². The third-order valence-electron chi connectivity index (χ3n) is 2.54. The van der Waals surface area contributed by atoms with Crippen LogP contribution in [0.1, 0.15) is 11.4 Å². The van der Waals surface area contributed by atoms with Gasteiger partial charge in [0.25, 0.3) is 0 Å². The highest BCUT2D eigenvalue weighted by atomic mass is 79.9. The van der Waals surface area contributed by atoms with Crippen LogP contribution in [0.5, 0.6) is 0 Å². The second kappa shape index (κ2) is 5.71. The summed E-state index contributed by atoms with van der Waals surface area (Å²) in [7, 11) is 1.81. The van der Waals surface area contributed by atoms with Crippen LogP contribution in [-0.4, -0.2) is 17.0 Å². The van der Waals surface area contributed by atoms with Crippen molar-refractivity contribution in [2.75, 3.05) is 7.05 Å². The number of nitrogens with one attached hydrogen (secondary N) is 1. The van der Waals surface area contributed by atoms with Crippen molar-refractivity contribution in [2.45, 2.75) is 13.5 Å². The molecule has 1 aromatic carbocycles. The highest BCUT2D eigenvalue weighted by Gasteiger charge is 2.15. The third kappa shape index (κ3) is 2.96. The molecular weight excluding hydrogens is 316 g/mol. The van der Waals surface area contributed by atoms with Crippen molar-refractivity contribution in [3.8, 4) is 11.4 Å². The first-order valence-electron chi connectivity index (χ1n) is 5.66. The van der Waals surface area contributed by atoms with E-state index in [-0.39, 0.29) is 4.47 Å². The molecular formula is C13H12BrF2N3. The van der Waals surface area contributed by atoms with Gasteiger partial charge in [-0.05, 0) is 48.1 Å². The number of hydrogen-bond acceptors (Lipinski definition) is 3. The van der Waals surface area contributed by atoms with E-state index in [4.69, 9.17) is 0 Å². The van der Waals surface area contributed by atoms with E-state index in [1.54, 1.807) is 0 Å². The number of aryl methyl sites for hydroxylation is 1. The van der Waals surface area contributed by atoms with Crippen molar-refractivity contribution >= 4 is 15.9 Å². The van der Waals surface area contributed by atoms with Gasteiger partial charge in [-0.15, -0.1) is 0 Å². The summed E-state index contributed by atoms with van der Waals surface area (Å²) in [6, 6.07) is 4.37. The first kappa shape index (κ1) is 14.0. The molecule has 1 aromatic heterocycles. The van der Waals surface area contributed by atoms with Gasteiger partial charge in [0.05, 0.1) is 10.2 Å². The predicted octanol–water partition coefficient (Wildman–Crippen LogP) is 3.21. The van der Waals surface area contributed by atoms with Gasteiger partial charge in [-0.1, -0.05) is 0 Å². The largest absolute Gasteiger partial charge is 0.314 e. The van der Waals surface area contributed by atoms with Gasteiger partial charge in [-0.25, -0.2) is 18.7 Å². The van der Waals surface area contributed by atoms with Gasteiger partial charge < -0.3 is 5.32 Å². The minimum Gasteiger partial charge on any atom is -0.314 e. The Morgan fingerprint density at radius 3 is 2.68 bits per heavy atom.